The number of amides is 2. The summed E-state index contributed by atoms with van der Waals surface area (Å²) in [5.41, 5.74) is 1.35. The van der Waals surface area contributed by atoms with E-state index >= 15 is 0 Å². The first-order chi connectivity index (χ1) is 12.1. The molecule has 2 aromatic rings. The van der Waals surface area contributed by atoms with Gasteiger partial charge in [-0.05, 0) is 37.3 Å². The van der Waals surface area contributed by atoms with Crippen LogP contribution in [0.2, 0.25) is 0 Å². The molecule has 0 bridgehead atoms. The number of hydrogen-bond donors (Lipinski definition) is 0. The SMILES string of the molecule is C[C@@H]1C(=O)N(c2ccccc2)CCN1C(=O)c1ccc2c(c1)OCO2. The van der Waals surface area contributed by atoms with E-state index in [0.29, 0.717) is 30.2 Å². The molecule has 0 spiro atoms. The summed E-state index contributed by atoms with van der Waals surface area (Å²) in [4.78, 5) is 28.9. The van der Waals surface area contributed by atoms with Crippen molar-refractivity contribution in [1.29, 1.82) is 0 Å². The second-order valence-corrected chi connectivity index (χ2v) is 6.07. The number of fused-ring (bicyclic) bond motifs is 1. The molecule has 2 amide bonds. The van der Waals surface area contributed by atoms with Crippen molar-refractivity contribution in [1.82, 2.24) is 4.90 Å². The lowest BCUT2D eigenvalue weighted by molar-refractivity contribution is -0.124. The van der Waals surface area contributed by atoms with Crippen molar-refractivity contribution in [3.05, 3.63) is 54.1 Å². The highest BCUT2D eigenvalue weighted by molar-refractivity contribution is 6.03. The van der Waals surface area contributed by atoms with E-state index < -0.39 is 6.04 Å². The summed E-state index contributed by atoms with van der Waals surface area (Å²) in [6, 6.07) is 14.1. The van der Waals surface area contributed by atoms with Crippen LogP contribution < -0.4 is 14.4 Å². The summed E-state index contributed by atoms with van der Waals surface area (Å²) >= 11 is 0. The molecule has 25 heavy (non-hydrogen) atoms. The number of benzene rings is 2. The minimum atomic E-state index is -0.521. The minimum absolute atomic E-state index is 0.0773. The third-order valence-corrected chi connectivity index (χ3v) is 4.60. The minimum Gasteiger partial charge on any atom is -0.454 e. The number of piperazine rings is 1. The van der Waals surface area contributed by atoms with Gasteiger partial charge in [-0.15, -0.1) is 0 Å². The lowest BCUT2D eigenvalue weighted by atomic mass is 10.1. The lowest BCUT2D eigenvalue weighted by Crippen LogP contribution is -2.57. The Morgan fingerprint density at radius 1 is 1.04 bits per heavy atom. The van der Waals surface area contributed by atoms with E-state index in [9.17, 15) is 9.59 Å². The molecular weight excluding hydrogens is 320 g/mol. The van der Waals surface area contributed by atoms with Gasteiger partial charge in [-0.25, -0.2) is 0 Å². The zero-order valence-electron chi connectivity index (χ0n) is 13.8. The molecule has 0 aliphatic carbocycles. The van der Waals surface area contributed by atoms with Crippen LogP contribution in [-0.2, 0) is 4.79 Å². The van der Waals surface area contributed by atoms with Gasteiger partial charge < -0.3 is 19.3 Å². The summed E-state index contributed by atoms with van der Waals surface area (Å²) in [6.45, 7) is 2.89. The maximum Gasteiger partial charge on any atom is 0.254 e. The standard InChI is InChI=1S/C19H18N2O4/c1-13-18(22)21(15-5-3-2-4-6-15)10-9-20(13)19(23)14-7-8-16-17(11-14)25-12-24-16/h2-8,11,13H,9-10,12H2,1H3/t13-/m1/s1. The van der Waals surface area contributed by atoms with E-state index in [-0.39, 0.29) is 18.6 Å². The van der Waals surface area contributed by atoms with Crippen LogP contribution in [-0.4, -0.2) is 42.6 Å². The highest BCUT2D eigenvalue weighted by Crippen LogP contribution is 2.33. The quantitative estimate of drug-likeness (QED) is 0.843. The molecule has 6 heteroatoms. The monoisotopic (exact) mass is 338 g/mol. The van der Waals surface area contributed by atoms with Gasteiger partial charge in [0.1, 0.15) is 6.04 Å². The van der Waals surface area contributed by atoms with Crippen LogP contribution >= 0.6 is 0 Å². The van der Waals surface area contributed by atoms with Crippen molar-refractivity contribution in [2.24, 2.45) is 0 Å². The molecule has 1 fully saturated rings. The molecule has 4 rings (SSSR count). The van der Waals surface area contributed by atoms with E-state index in [1.165, 1.54) is 0 Å². The molecule has 1 saturated heterocycles. The Balaban J connectivity index is 1.54. The van der Waals surface area contributed by atoms with E-state index in [0.717, 1.165) is 5.69 Å². The topological polar surface area (TPSA) is 59.1 Å². The first kappa shape index (κ1) is 15.5. The molecule has 0 unspecified atom stereocenters. The predicted octanol–water partition coefficient (Wildman–Crippen LogP) is 2.29. The Hall–Kier alpha value is -3.02. The van der Waals surface area contributed by atoms with E-state index in [1.807, 2.05) is 30.3 Å². The van der Waals surface area contributed by atoms with Crippen molar-refractivity contribution >= 4 is 17.5 Å². The van der Waals surface area contributed by atoms with Crippen LogP contribution in [0.1, 0.15) is 17.3 Å². The molecular formula is C19H18N2O4. The van der Waals surface area contributed by atoms with Gasteiger partial charge in [-0.2, -0.15) is 0 Å². The van der Waals surface area contributed by atoms with Crippen molar-refractivity contribution in [3.8, 4) is 11.5 Å². The molecule has 6 nitrogen and oxygen atoms in total. The van der Waals surface area contributed by atoms with E-state index in [2.05, 4.69) is 0 Å². The number of ether oxygens (including phenoxy) is 2. The summed E-state index contributed by atoms with van der Waals surface area (Å²) in [5, 5.41) is 0. The predicted molar refractivity (Wildman–Crippen MR) is 91.9 cm³/mol. The molecule has 0 N–H and O–H groups in total. The molecule has 0 saturated carbocycles. The van der Waals surface area contributed by atoms with Crippen LogP contribution in [0.4, 0.5) is 5.69 Å². The molecule has 128 valence electrons. The average Bonchev–Trinajstić information content (AvgIpc) is 3.12. The summed E-state index contributed by atoms with van der Waals surface area (Å²) in [7, 11) is 0. The first-order valence-electron chi connectivity index (χ1n) is 8.22. The van der Waals surface area contributed by atoms with Gasteiger partial charge in [0.2, 0.25) is 12.7 Å². The molecule has 0 radical (unpaired) electrons. The fraction of sp³-hybridized carbons (Fsp3) is 0.263. The van der Waals surface area contributed by atoms with Crippen LogP contribution in [0.3, 0.4) is 0 Å². The van der Waals surface area contributed by atoms with Crippen LogP contribution in [0.15, 0.2) is 48.5 Å². The maximum absolute atomic E-state index is 12.9. The number of anilines is 1. The maximum atomic E-state index is 12.9. The zero-order chi connectivity index (χ0) is 17.4. The van der Waals surface area contributed by atoms with Gasteiger partial charge >= 0.3 is 0 Å². The molecule has 2 heterocycles. The number of rotatable bonds is 2. The lowest BCUT2D eigenvalue weighted by Gasteiger charge is -2.39. The highest BCUT2D eigenvalue weighted by Gasteiger charge is 2.35. The highest BCUT2D eigenvalue weighted by atomic mass is 16.7. The van der Waals surface area contributed by atoms with Crippen molar-refractivity contribution in [2.45, 2.75) is 13.0 Å². The Morgan fingerprint density at radius 3 is 2.60 bits per heavy atom. The van der Waals surface area contributed by atoms with Crippen molar-refractivity contribution < 1.29 is 19.1 Å². The van der Waals surface area contributed by atoms with Gasteiger partial charge in [0.25, 0.3) is 5.91 Å². The van der Waals surface area contributed by atoms with Gasteiger partial charge in [-0.1, -0.05) is 18.2 Å². The molecule has 2 aromatic carbocycles. The fourth-order valence-corrected chi connectivity index (χ4v) is 3.21. The number of carbonyl (C=O) groups excluding carboxylic acids is 2. The average molecular weight is 338 g/mol. The molecule has 2 aliphatic heterocycles. The Labute approximate surface area is 145 Å². The Kier molecular flexibility index (Phi) is 3.80. The molecule has 2 aliphatic rings. The van der Waals surface area contributed by atoms with Gasteiger partial charge in [0, 0.05) is 24.3 Å². The third-order valence-electron chi connectivity index (χ3n) is 4.60. The normalized spacial score (nSPS) is 19.2. The second kappa shape index (κ2) is 6.12. The second-order valence-electron chi connectivity index (χ2n) is 6.07. The summed E-state index contributed by atoms with van der Waals surface area (Å²) in [5.74, 6) is 0.945. The van der Waals surface area contributed by atoms with Gasteiger partial charge in [0.05, 0.1) is 0 Å². The summed E-state index contributed by atoms with van der Waals surface area (Å²) in [6.07, 6.45) is 0. The van der Waals surface area contributed by atoms with Crippen molar-refractivity contribution in [2.75, 3.05) is 24.8 Å². The number of hydrogen-bond acceptors (Lipinski definition) is 4. The first-order valence-corrected chi connectivity index (χ1v) is 8.22. The Bertz CT molecular complexity index is 821. The third kappa shape index (κ3) is 2.69. The number of carbonyl (C=O) groups is 2. The van der Waals surface area contributed by atoms with Crippen LogP contribution in [0.5, 0.6) is 11.5 Å². The Morgan fingerprint density at radius 2 is 1.80 bits per heavy atom. The fourth-order valence-electron chi connectivity index (χ4n) is 3.21. The smallest absolute Gasteiger partial charge is 0.254 e. The summed E-state index contributed by atoms with van der Waals surface area (Å²) < 4.78 is 10.6. The van der Waals surface area contributed by atoms with E-state index in [4.69, 9.17) is 9.47 Å². The number of para-hydroxylation sites is 1. The zero-order valence-corrected chi connectivity index (χ0v) is 13.8. The van der Waals surface area contributed by atoms with Crippen LogP contribution in [0.25, 0.3) is 0 Å². The van der Waals surface area contributed by atoms with E-state index in [1.54, 1.807) is 34.9 Å². The van der Waals surface area contributed by atoms with Crippen LogP contribution in [0, 0.1) is 0 Å². The molecule has 0 aromatic heterocycles. The largest absolute Gasteiger partial charge is 0.454 e. The molecule has 1 atom stereocenters. The van der Waals surface area contributed by atoms with Gasteiger partial charge in [0.15, 0.2) is 11.5 Å². The van der Waals surface area contributed by atoms with Crippen molar-refractivity contribution in [3.63, 3.8) is 0 Å². The van der Waals surface area contributed by atoms with Gasteiger partial charge in [-0.3, -0.25) is 9.59 Å². The number of nitrogens with zero attached hydrogens (tertiary/aromatic N) is 2.